The van der Waals surface area contributed by atoms with Crippen LogP contribution in [0.3, 0.4) is 0 Å². The van der Waals surface area contributed by atoms with Crippen LogP contribution in [0.15, 0.2) is 36.7 Å². The van der Waals surface area contributed by atoms with E-state index in [9.17, 15) is 0 Å². The van der Waals surface area contributed by atoms with Crippen molar-refractivity contribution in [3.8, 4) is 0 Å². The van der Waals surface area contributed by atoms with E-state index in [1.165, 1.54) is 5.56 Å². The number of rotatable bonds is 6. The van der Waals surface area contributed by atoms with Gasteiger partial charge in [0.15, 0.2) is 0 Å². The van der Waals surface area contributed by atoms with E-state index in [-0.39, 0.29) is 0 Å². The van der Waals surface area contributed by atoms with E-state index < -0.39 is 0 Å². The lowest BCUT2D eigenvalue weighted by Crippen LogP contribution is -2.22. The number of nitrogens with zero attached hydrogens (tertiary/aromatic N) is 2. The van der Waals surface area contributed by atoms with E-state index in [2.05, 4.69) is 22.9 Å². The molecule has 15 heavy (non-hydrogen) atoms. The van der Waals surface area contributed by atoms with Crippen LogP contribution in [-0.4, -0.2) is 28.9 Å². The van der Waals surface area contributed by atoms with Crippen LogP contribution >= 0.6 is 11.6 Å². The molecule has 0 atom stereocenters. The highest BCUT2D eigenvalue weighted by Crippen LogP contribution is 2.02. The molecule has 0 bridgehead atoms. The van der Waals surface area contributed by atoms with Gasteiger partial charge in [-0.2, -0.15) is 0 Å². The van der Waals surface area contributed by atoms with E-state index >= 15 is 0 Å². The number of halogens is 1. The summed E-state index contributed by atoms with van der Waals surface area (Å²) < 4.78 is 0. The molecular weight excluding hydrogens is 208 g/mol. The third-order valence-corrected chi connectivity index (χ3v) is 2.40. The molecule has 0 N–H and O–H groups in total. The Labute approximate surface area is 96.6 Å². The molecule has 0 radical (unpaired) electrons. The van der Waals surface area contributed by atoms with Gasteiger partial charge in [-0.3, -0.25) is 9.88 Å². The van der Waals surface area contributed by atoms with Gasteiger partial charge in [0.25, 0.3) is 0 Å². The van der Waals surface area contributed by atoms with E-state index in [0.29, 0.717) is 5.88 Å². The van der Waals surface area contributed by atoms with Crippen LogP contribution in [-0.2, 0) is 6.54 Å². The Morgan fingerprint density at radius 1 is 1.33 bits per heavy atom. The minimum absolute atomic E-state index is 0.590. The largest absolute Gasteiger partial charge is 0.296 e. The summed E-state index contributed by atoms with van der Waals surface area (Å²) in [5.41, 5.74) is 1.30. The van der Waals surface area contributed by atoms with Crippen molar-refractivity contribution in [1.29, 1.82) is 0 Å². The average Bonchev–Trinajstić information content (AvgIpc) is 2.29. The highest BCUT2D eigenvalue weighted by atomic mass is 35.5. The van der Waals surface area contributed by atoms with Crippen LogP contribution < -0.4 is 0 Å². The zero-order valence-electron chi connectivity index (χ0n) is 9.06. The maximum absolute atomic E-state index is 5.57. The van der Waals surface area contributed by atoms with Gasteiger partial charge >= 0.3 is 0 Å². The number of allylic oxidation sites excluding steroid dienone is 1. The Balaban J connectivity index is 2.43. The summed E-state index contributed by atoms with van der Waals surface area (Å²) in [5.74, 6) is 0.590. The predicted molar refractivity (Wildman–Crippen MR) is 65.0 cm³/mol. The van der Waals surface area contributed by atoms with Crippen molar-refractivity contribution in [1.82, 2.24) is 9.88 Å². The first-order chi connectivity index (χ1) is 7.36. The minimum Gasteiger partial charge on any atom is -0.296 e. The summed E-state index contributed by atoms with van der Waals surface area (Å²) in [5, 5.41) is 0. The predicted octanol–water partition coefficient (Wildman–Crippen LogP) is 2.70. The zero-order valence-corrected chi connectivity index (χ0v) is 9.82. The monoisotopic (exact) mass is 224 g/mol. The standard InChI is InChI=1S/C12H17ClN2/c1-2-15(10-4-3-7-13)11-12-5-8-14-9-6-12/h3-6,8-9H,2,7,10-11H2,1H3. The number of likely N-dealkylation sites (N-methyl/N-ethyl adjacent to an activating group) is 1. The van der Waals surface area contributed by atoms with Crippen molar-refractivity contribution < 1.29 is 0 Å². The molecule has 2 nitrogen and oxygen atoms in total. The summed E-state index contributed by atoms with van der Waals surface area (Å²) >= 11 is 5.57. The summed E-state index contributed by atoms with van der Waals surface area (Å²) in [6, 6.07) is 4.10. The van der Waals surface area contributed by atoms with Crippen molar-refractivity contribution in [3.63, 3.8) is 0 Å². The van der Waals surface area contributed by atoms with E-state index in [4.69, 9.17) is 11.6 Å². The van der Waals surface area contributed by atoms with Gasteiger partial charge in [-0.25, -0.2) is 0 Å². The van der Waals surface area contributed by atoms with E-state index in [0.717, 1.165) is 19.6 Å². The van der Waals surface area contributed by atoms with Crippen molar-refractivity contribution in [2.45, 2.75) is 13.5 Å². The van der Waals surface area contributed by atoms with E-state index in [1.807, 2.05) is 30.6 Å². The molecule has 1 aromatic heterocycles. The first-order valence-electron chi connectivity index (χ1n) is 5.19. The van der Waals surface area contributed by atoms with Gasteiger partial charge in [-0.1, -0.05) is 19.1 Å². The molecule has 0 aliphatic carbocycles. The van der Waals surface area contributed by atoms with Crippen molar-refractivity contribution in [3.05, 3.63) is 42.2 Å². The third kappa shape index (κ3) is 4.96. The molecule has 1 rings (SSSR count). The van der Waals surface area contributed by atoms with Gasteiger partial charge in [0.2, 0.25) is 0 Å². The molecule has 1 heterocycles. The topological polar surface area (TPSA) is 16.1 Å². The molecule has 0 unspecified atom stereocenters. The Morgan fingerprint density at radius 3 is 2.67 bits per heavy atom. The lowest BCUT2D eigenvalue weighted by atomic mass is 10.2. The highest BCUT2D eigenvalue weighted by Gasteiger charge is 2.00. The summed E-state index contributed by atoms with van der Waals surface area (Å²) in [4.78, 5) is 6.35. The summed E-state index contributed by atoms with van der Waals surface area (Å²) in [6.07, 6.45) is 7.75. The SMILES string of the molecule is CCN(CC=CCCl)Cc1ccncc1. The second-order valence-electron chi connectivity index (χ2n) is 3.31. The fraction of sp³-hybridized carbons (Fsp3) is 0.417. The maximum atomic E-state index is 5.57. The molecule has 3 heteroatoms. The fourth-order valence-electron chi connectivity index (χ4n) is 1.34. The van der Waals surface area contributed by atoms with Crippen LogP contribution in [0, 0.1) is 0 Å². The summed E-state index contributed by atoms with van der Waals surface area (Å²) in [6.45, 7) is 5.11. The smallest absolute Gasteiger partial charge is 0.0404 e. The van der Waals surface area contributed by atoms with Crippen molar-refractivity contribution in [2.75, 3.05) is 19.0 Å². The molecule has 0 amide bonds. The molecule has 0 fully saturated rings. The molecule has 0 saturated heterocycles. The first-order valence-corrected chi connectivity index (χ1v) is 5.72. The second kappa shape index (κ2) is 7.43. The van der Waals surface area contributed by atoms with Crippen LogP contribution in [0.5, 0.6) is 0 Å². The van der Waals surface area contributed by atoms with Gasteiger partial charge in [-0.15, -0.1) is 11.6 Å². The minimum atomic E-state index is 0.590. The molecule has 1 aromatic rings. The molecule has 0 spiro atoms. The fourth-order valence-corrected chi connectivity index (χ4v) is 1.46. The van der Waals surface area contributed by atoms with E-state index in [1.54, 1.807) is 0 Å². The molecular formula is C12H17ClN2. The lowest BCUT2D eigenvalue weighted by Gasteiger charge is -2.18. The second-order valence-corrected chi connectivity index (χ2v) is 3.62. The highest BCUT2D eigenvalue weighted by molar-refractivity contribution is 6.18. The van der Waals surface area contributed by atoms with Gasteiger partial charge < -0.3 is 0 Å². The number of aromatic nitrogens is 1. The van der Waals surface area contributed by atoms with Gasteiger partial charge in [0, 0.05) is 31.4 Å². The number of pyridine rings is 1. The lowest BCUT2D eigenvalue weighted by molar-refractivity contribution is 0.311. The van der Waals surface area contributed by atoms with Gasteiger partial charge in [0.05, 0.1) is 0 Å². The number of hydrogen-bond acceptors (Lipinski definition) is 2. The Bertz CT molecular complexity index is 285. The Kier molecular flexibility index (Phi) is 6.05. The first kappa shape index (κ1) is 12.2. The van der Waals surface area contributed by atoms with Crippen molar-refractivity contribution >= 4 is 11.6 Å². The normalized spacial score (nSPS) is 11.4. The average molecular weight is 225 g/mol. The van der Waals surface area contributed by atoms with Crippen LogP contribution in [0.4, 0.5) is 0 Å². The van der Waals surface area contributed by atoms with Gasteiger partial charge in [-0.05, 0) is 24.2 Å². The third-order valence-electron chi connectivity index (χ3n) is 2.22. The zero-order chi connectivity index (χ0) is 10.9. The molecule has 0 aliphatic heterocycles. The van der Waals surface area contributed by atoms with Gasteiger partial charge in [0.1, 0.15) is 0 Å². The maximum Gasteiger partial charge on any atom is 0.0404 e. The van der Waals surface area contributed by atoms with Crippen LogP contribution in [0.2, 0.25) is 0 Å². The summed E-state index contributed by atoms with van der Waals surface area (Å²) in [7, 11) is 0. The number of hydrogen-bond donors (Lipinski definition) is 0. The molecule has 0 aliphatic rings. The Morgan fingerprint density at radius 2 is 2.07 bits per heavy atom. The van der Waals surface area contributed by atoms with Crippen LogP contribution in [0.1, 0.15) is 12.5 Å². The molecule has 0 saturated carbocycles. The van der Waals surface area contributed by atoms with Crippen molar-refractivity contribution in [2.24, 2.45) is 0 Å². The number of alkyl halides is 1. The Hall–Kier alpha value is -0.860. The van der Waals surface area contributed by atoms with Crippen LogP contribution in [0.25, 0.3) is 0 Å². The molecule has 82 valence electrons. The quantitative estimate of drug-likeness (QED) is 0.546. The molecule has 0 aromatic carbocycles.